The van der Waals surface area contributed by atoms with E-state index in [-0.39, 0.29) is 46.2 Å². The number of hydrogen-bond donors (Lipinski definition) is 1. The van der Waals surface area contributed by atoms with Gasteiger partial charge in [0.1, 0.15) is 0 Å². The number of aromatic nitrogens is 1. The number of aliphatic hydroxyl groups is 1. The summed E-state index contributed by atoms with van der Waals surface area (Å²) in [6.07, 6.45) is 3.11. The molecule has 0 fully saturated rings. The number of carbonyl (C=O) groups is 1. The van der Waals surface area contributed by atoms with Crippen LogP contribution in [0, 0.1) is 6.07 Å². The van der Waals surface area contributed by atoms with E-state index in [1.807, 2.05) is 17.5 Å². The standard InChI is InChI=1S/C21H10NSSe.C5H8O2.Ir/c1-2-5-13-12(4-1)8-9-14-20-19-16(10-11-22-20)23-15-6-3-7-17(18(15)19)24-21(13)14;1-4(6)3-5(2)7;/h1-8,10-11H;3,6H,1-2H3;/q-1;;/b;4-3-;. The fraction of sp³-hybridized carbons (Fsp3) is 0.0769. The van der Waals surface area contributed by atoms with Gasteiger partial charge in [-0.15, -0.1) is 0 Å². The van der Waals surface area contributed by atoms with Gasteiger partial charge in [-0.25, -0.2) is 0 Å². The normalized spacial score (nSPS) is 11.6. The number of aliphatic hydroxyl groups excluding tert-OH is 1. The zero-order valence-corrected chi connectivity index (χ0v) is 22.2. The molecule has 0 spiro atoms. The summed E-state index contributed by atoms with van der Waals surface area (Å²) >= 11 is 2.12. The van der Waals surface area contributed by atoms with Crippen LogP contribution in [-0.2, 0) is 24.9 Å². The summed E-state index contributed by atoms with van der Waals surface area (Å²) in [5, 5.41) is 14.9. The van der Waals surface area contributed by atoms with Gasteiger partial charge in [0.15, 0.2) is 5.78 Å². The van der Waals surface area contributed by atoms with Crippen LogP contribution in [0.25, 0.3) is 50.4 Å². The first kappa shape index (κ1) is 22.8. The van der Waals surface area contributed by atoms with Crippen molar-refractivity contribution in [2.45, 2.75) is 13.8 Å². The summed E-state index contributed by atoms with van der Waals surface area (Å²) in [6, 6.07) is 23.2. The number of ketones is 1. The van der Waals surface area contributed by atoms with E-state index in [2.05, 4.69) is 60.7 Å². The van der Waals surface area contributed by atoms with Crippen molar-refractivity contribution >= 4 is 82.0 Å². The molecule has 1 radical (unpaired) electrons. The van der Waals surface area contributed by atoms with Gasteiger partial charge in [-0.05, 0) is 13.8 Å². The van der Waals surface area contributed by atoms with Crippen LogP contribution in [0.15, 0.2) is 72.6 Å². The van der Waals surface area contributed by atoms with Gasteiger partial charge in [-0.3, -0.25) is 4.79 Å². The number of hydrogen-bond acceptors (Lipinski definition) is 4. The topological polar surface area (TPSA) is 50.2 Å². The van der Waals surface area contributed by atoms with Gasteiger partial charge in [0.25, 0.3) is 0 Å². The van der Waals surface area contributed by atoms with E-state index in [4.69, 9.17) is 10.1 Å². The van der Waals surface area contributed by atoms with Gasteiger partial charge in [-0.1, -0.05) is 0 Å². The number of allylic oxidation sites excluding steroid dienone is 2. The molecule has 0 atom stereocenters. The average Bonchev–Trinajstić information content (AvgIpc) is 3.05. The van der Waals surface area contributed by atoms with Crippen LogP contribution in [0.3, 0.4) is 0 Å². The van der Waals surface area contributed by atoms with E-state index in [1.165, 1.54) is 64.8 Å². The Bertz CT molecular complexity index is 1640. The van der Waals surface area contributed by atoms with Crippen LogP contribution < -0.4 is 0 Å². The SMILES string of the molecule is CC(=O)/C=C(/C)O.[Ir].[c-]1cc2ccccc2c2[se]c3cccc4sc5ccnc(c12)c5c43. The quantitative estimate of drug-likeness (QED) is 0.0901. The zero-order valence-electron chi connectivity index (χ0n) is 17.3. The first-order chi connectivity index (χ1) is 15.0. The Kier molecular flexibility index (Phi) is 6.62. The molecule has 3 aromatic heterocycles. The molecule has 32 heavy (non-hydrogen) atoms. The third-order valence-corrected chi connectivity index (χ3v) is 8.65. The van der Waals surface area contributed by atoms with Crippen molar-refractivity contribution in [3.63, 3.8) is 0 Å². The predicted octanol–water partition coefficient (Wildman–Crippen LogP) is 6.80. The number of pyridine rings is 1. The molecule has 161 valence electrons. The van der Waals surface area contributed by atoms with Crippen molar-refractivity contribution in [2.24, 2.45) is 0 Å². The van der Waals surface area contributed by atoms with E-state index in [0.717, 1.165) is 5.52 Å². The third-order valence-electron chi connectivity index (χ3n) is 5.04. The van der Waals surface area contributed by atoms with E-state index >= 15 is 0 Å². The maximum atomic E-state index is 10.0. The Morgan fingerprint density at radius 3 is 2.59 bits per heavy atom. The summed E-state index contributed by atoms with van der Waals surface area (Å²) in [5.41, 5.74) is 1.10. The van der Waals surface area contributed by atoms with Crippen LogP contribution in [0.5, 0.6) is 0 Å². The van der Waals surface area contributed by atoms with Crippen LogP contribution in [0.2, 0.25) is 0 Å². The molecule has 3 nitrogen and oxygen atoms in total. The average molecular weight is 680 g/mol. The van der Waals surface area contributed by atoms with E-state index in [1.54, 1.807) is 0 Å². The Morgan fingerprint density at radius 2 is 1.84 bits per heavy atom. The molecule has 0 unspecified atom stereocenters. The molecular formula is C26H18IrNO2SSe-. The van der Waals surface area contributed by atoms with Gasteiger partial charge < -0.3 is 5.11 Å². The monoisotopic (exact) mass is 681 g/mol. The molecule has 6 heteroatoms. The van der Waals surface area contributed by atoms with Crippen molar-refractivity contribution < 1.29 is 30.0 Å². The molecule has 0 bridgehead atoms. The van der Waals surface area contributed by atoms with Crippen molar-refractivity contribution in [3.8, 4) is 0 Å². The molecule has 0 aliphatic heterocycles. The minimum atomic E-state index is -0.125. The van der Waals surface area contributed by atoms with Gasteiger partial charge in [0.2, 0.25) is 0 Å². The number of carbonyl (C=O) groups excluding carboxylic acids is 1. The summed E-state index contributed by atoms with van der Waals surface area (Å²) in [6.45, 7) is 2.85. The molecule has 3 heterocycles. The van der Waals surface area contributed by atoms with Gasteiger partial charge in [-0.2, -0.15) is 0 Å². The van der Waals surface area contributed by atoms with Gasteiger partial charge in [0.05, 0.1) is 5.76 Å². The van der Waals surface area contributed by atoms with Crippen LogP contribution in [-0.4, -0.2) is 30.4 Å². The summed E-state index contributed by atoms with van der Waals surface area (Å²) in [4.78, 5) is 14.8. The Balaban J connectivity index is 0.000000271. The van der Waals surface area contributed by atoms with Gasteiger partial charge in [0, 0.05) is 26.2 Å². The molecule has 0 aliphatic carbocycles. The number of fused-ring (bicyclic) bond motifs is 4. The number of nitrogens with zero attached hydrogens (tertiary/aromatic N) is 1. The molecule has 6 aromatic rings. The van der Waals surface area contributed by atoms with Crippen LogP contribution >= 0.6 is 11.3 Å². The van der Waals surface area contributed by atoms with Gasteiger partial charge >= 0.3 is 148 Å². The second-order valence-corrected chi connectivity index (χ2v) is 10.6. The van der Waals surface area contributed by atoms with Crippen LogP contribution in [0.4, 0.5) is 0 Å². The van der Waals surface area contributed by atoms with Crippen molar-refractivity contribution in [1.29, 1.82) is 0 Å². The molecule has 6 rings (SSSR count). The van der Waals surface area contributed by atoms with E-state index in [0.29, 0.717) is 0 Å². The Labute approximate surface area is 208 Å². The predicted molar refractivity (Wildman–Crippen MR) is 132 cm³/mol. The van der Waals surface area contributed by atoms with E-state index < -0.39 is 0 Å². The molecule has 0 aliphatic rings. The number of benzene rings is 3. The maximum absolute atomic E-state index is 10.0. The third kappa shape index (κ3) is 4.05. The van der Waals surface area contributed by atoms with Crippen molar-refractivity contribution in [3.05, 3.63) is 78.7 Å². The van der Waals surface area contributed by atoms with Crippen LogP contribution in [0.1, 0.15) is 13.8 Å². The molecule has 0 saturated carbocycles. The zero-order chi connectivity index (χ0) is 21.5. The second-order valence-electron chi connectivity index (χ2n) is 7.34. The second kappa shape index (κ2) is 9.27. The number of thiophene rings is 1. The van der Waals surface area contributed by atoms with E-state index in [9.17, 15) is 4.79 Å². The molecule has 3 aromatic carbocycles. The molecule has 1 N–H and O–H groups in total. The fourth-order valence-electron chi connectivity index (χ4n) is 3.87. The summed E-state index contributed by atoms with van der Waals surface area (Å²) in [5.74, 6) is -0.0625. The molecular weight excluding hydrogens is 662 g/mol. The first-order valence-electron chi connectivity index (χ1n) is 9.82. The molecule has 0 amide bonds. The summed E-state index contributed by atoms with van der Waals surface area (Å²) < 4.78 is 5.57. The van der Waals surface area contributed by atoms with Crippen molar-refractivity contribution in [1.82, 2.24) is 4.98 Å². The molecule has 0 saturated heterocycles. The fourth-order valence-corrected chi connectivity index (χ4v) is 7.73. The Hall–Kier alpha value is -2.33. The summed E-state index contributed by atoms with van der Waals surface area (Å²) in [7, 11) is 0. The minimum absolute atomic E-state index is 0. The number of rotatable bonds is 1. The Morgan fingerprint density at radius 1 is 1.06 bits per heavy atom. The van der Waals surface area contributed by atoms with Crippen molar-refractivity contribution in [2.75, 3.05) is 0 Å². The first-order valence-corrected chi connectivity index (χ1v) is 12.4.